The van der Waals surface area contributed by atoms with Crippen LogP contribution in [-0.4, -0.2) is 97.3 Å². The number of urea groups is 1. The van der Waals surface area contributed by atoms with Crippen LogP contribution in [0.4, 0.5) is 4.79 Å². The third-order valence-electron chi connectivity index (χ3n) is 6.03. The van der Waals surface area contributed by atoms with Crippen LogP contribution in [0.15, 0.2) is 24.3 Å². The minimum atomic E-state index is -0.199. The fourth-order valence-corrected chi connectivity index (χ4v) is 4.72. The summed E-state index contributed by atoms with van der Waals surface area (Å²) in [5.74, 6) is 0.670. The van der Waals surface area contributed by atoms with E-state index in [1.54, 1.807) is 13.2 Å². The quantitative estimate of drug-likeness (QED) is 0.817. The second-order valence-electron chi connectivity index (χ2n) is 8.52. The minimum Gasteiger partial charge on any atom is -0.497 e. The van der Waals surface area contributed by atoms with E-state index < -0.39 is 0 Å². The van der Waals surface area contributed by atoms with Crippen LogP contribution in [-0.2, 0) is 4.74 Å². The van der Waals surface area contributed by atoms with Gasteiger partial charge in [0.1, 0.15) is 5.75 Å². The number of hydrogen-bond donors (Lipinski definition) is 1. The lowest BCUT2D eigenvalue weighted by atomic mass is 9.82. The van der Waals surface area contributed by atoms with E-state index in [4.69, 9.17) is 9.47 Å². The summed E-state index contributed by atoms with van der Waals surface area (Å²) in [7, 11) is 1.60. The third kappa shape index (κ3) is 3.79. The number of rotatable bonds is 3. The number of hydrogen-bond acceptors (Lipinski definition) is 5. The van der Waals surface area contributed by atoms with E-state index >= 15 is 0 Å². The first-order valence-corrected chi connectivity index (χ1v) is 10.3. The average Bonchev–Trinajstić information content (AvgIpc) is 2.70. The Labute approximate surface area is 171 Å². The topological polar surface area (TPSA) is 74.3 Å². The summed E-state index contributed by atoms with van der Waals surface area (Å²) in [6.07, 6.45) is 0. The molecule has 29 heavy (non-hydrogen) atoms. The highest BCUT2D eigenvalue weighted by atomic mass is 16.5. The number of amides is 3. The van der Waals surface area contributed by atoms with Gasteiger partial charge in [0, 0.05) is 44.3 Å². The van der Waals surface area contributed by atoms with Crippen LogP contribution in [0.3, 0.4) is 0 Å². The van der Waals surface area contributed by atoms with Crippen molar-refractivity contribution in [3.63, 3.8) is 0 Å². The molecule has 3 aliphatic heterocycles. The largest absolute Gasteiger partial charge is 0.497 e. The monoisotopic (exact) mass is 402 g/mol. The number of benzene rings is 1. The van der Waals surface area contributed by atoms with Gasteiger partial charge >= 0.3 is 6.03 Å². The molecule has 3 heterocycles. The number of nitrogens with one attached hydrogen (secondary N) is 1. The fourth-order valence-electron chi connectivity index (χ4n) is 4.72. The van der Waals surface area contributed by atoms with Gasteiger partial charge in [0.15, 0.2) is 0 Å². The van der Waals surface area contributed by atoms with Gasteiger partial charge in [0.25, 0.3) is 5.91 Å². The van der Waals surface area contributed by atoms with Crippen LogP contribution in [0.1, 0.15) is 24.2 Å². The highest BCUT2D eigenvalue weighted by Gasteiger charge is 2.56. The molecule has 8 heteroatoms. The Hall–Kier alpha value is -2.32. The van der Waals surface area contributed by atoms with Gasteiger partial charge in [-0.3, -0.25) is 9.69 Å². The molecule has 3 saturated heterocycles. The van der Waals surface area contributed by atoms with Crippen molar-refractivity contribution in [1.29, 1.82) is 0 Å². The lowest BCUT2D eigenvalue weighted by Crippen LogP contribution is -2.82. The molecule has 0 aliphatic carbocycles. The zero-order valence-corrected chi connectivity index (χ0v) is 17.4. The molecule has 1 aromatic rings. The number of methoxy groups -OCH3 is 1. The molecule has 0 saturated carbocycles. The Kier molecular flexibility index (Phi) is 5.40. The number of ether oxygens (including phenoxy) is 2. The van der Waals surface area contributed by atoms with Gasteiger partial charge in [-0.15, -0.1) is 0 Å². The molecule has 1 N–H and O–H groups in total. The summed E-state index contributed by atoms with van der Waals surface area (Å²) in [4.78, 5) is 31.9. The van der Waals surface area contributed by atoms with Crippen LogP contribution in [0.2, 0.25) is 0 Å². The first-order chi connectivity index (χ1) is 13.9. The molecule has 1 atom stereocenters. The van der Waals surface area contributed by atoms with Crippen molar-refractivity contribution >= 4 is 11.9 Å². The normalized spacial score (nSPS) is 23.5. The SMILES string of the molecule is COc1cccc(C(=O)N2CC3COCCN3C3(CN(C(=O)NC(C)C)C3)C2)c1. The van der Waals surface area contributed by atoms with Crippen molar-refractivity contribution in [2.75, 3.05) is 53.0 Å². The van der Waals surface area contributed by atoms with Gasteiger partial charge in [-0.1, -0.05) is 6.07 Å². The number of likely N-dealkylation sites (tertiary alicyclic amines) is 1. The van der Waals surface area contributed by atoms with E-state index in [2.05, 4.69) is 10.2 Å². The van der Waals surface area contributed by atoms with E-state index in [1.165, 1.54) is 0 Å². The summed E-state index contributed by atoms with van der Waals surface area (Å²) >= 11 is 0. The van der Waals surface area contributed by atoms with Gasteiger partial charge in [0.05, 0.1) is 31.9 Å². The van der Waals surface area contributed by atoms with Crippen molar-refractivity contribution in [2.24, 2.45) is 0 Å². The molecule has 0 radical (unpaired) electrons. The van der Waals surface area contributed by atoms with Crippen molar-refractivity contribution in [3.8, 4) is 5.75 Å². The maximum atomic E-state index is 13.2. The van der Waals surface area contributed by atoms with Gasteiger partial charge in [-0.05, 0) is 32.0 Å². The fraction of sp³-hybridized carbons (Fsp3) is 0.619. The third-order valence-corrected chi connectivity index (χ3v) is 6.03. The highest BCUT2D eigenvalue weighted by molar-refractivity contribution is 5.95. The Morgan fingerprint density at radius 1 is 1.24 bits per heavy atom. The summed E-state index contributed by atoms with van der Waals surface area (Å²) in [5, 5.41) is 2.96. The second-order valence-corrected chi connectivity index (χ2v) is 8.52. The maximum absolute atomic E-state index is 13.2. The Morgan fingerprint density at radius 3 is 2.72 bits per heavy atom. The Morgan fingerprint density at radius 2 is 2.00 bits per heavy atom. The zero-order valence-electron chi connectivity index (χ0n) is 17.4. The summed E-state index contributed by atoms with van der Waals surface area (Å²) < 4.78 is 11.0. The first kappa shape index (κ1) is 20.0. The molecule has 158 valence electrons. The number of piperazine rings is 1. The second kappa shape index (κ2) is 7.84. The van der Waals surface area contributed by atoms with Crippen LogP contribution >= 0.6 is 0 Å². The molecule has 8 nitrogen and oxygen atoms in total. The van der Waals surface area contributed by atoms with Gasteiger partial charge < -0.3 is 24.6 Å². The smallest absolute Gasteiger partial charge is 0.317 e. The molecule has 3 amide bonds. The number of fused-ring (bicyclic) bond motifs is 2. The molecule has 1 spiro atoms. The van der Waals surface area contributed by atoms with E-state index in [0.29, 0.717) is 50.7 Å². The van der Waals surface area contributed by atoms with Crippen molar-refractivity contribution in [1.82, 2.24) is 20.0 Å². The summed E-state index contributed by atoms with van der Waals surface area (Å²) in [5.41, 5.74) is 0.425. The van der Waals surface area contributed by atoms with E-state index in [9.17, 15) is 9.59 Å². The predicted molar refractivity (Wildman–Crippen MR) is 108 cm³/mol. The van der Waals surface area contributed by atoms with Crippen molar-refractivity contribution in [2.45, 2.75) is 31.5 Å². The maximum Gasteiger partial charge on any atom is 0.317 e. The number of nitrogens with zero attached hydrogens (tertiary/aromatic N) is 3. The average molecular weight is 402 g/mol. The molecule has 4 rings (SSSR count). The molecular weight excluding hydrogens is 372 g/mol. The highest BCUT2D eigenvalue weighted by Crippen LogP contribution is 2.36. The van der Waals surface area contributed by atoms with Crippen LogP contribution < -0.4 is 10.1 Å². The lowest BCUT2D eigenvalue weighted by Gasteiger charge is -2.63. The Bertz CT molecular complexity index is 778. The number of carbonyl (C=O) groups excluding carboxylic acids is 2. The standard InChI is InChI=1S/C21H30N4O4/c1-15(2)22-20(27)24-13-21(14-24)12-23(10-17-11-29-8-7-25(17)21)19(26)16-5-4-6-18(9-16)28-3/h4-6,9,15,17H,7-8,10-14H2,1-3H3,(H,22,27). The molecule has 3 aliphatic rings. The van der Waals surface area contributed by atoms with Crippen LogP contribution in [0.25, 0.3) is 0 Å². The number of carbonyl (C=O) groups is 2. The van der Waals surface area contributed by atoms with Gasteiger partial charge in [0.2, 0.25) is 0 Å². The molecule has 1 unspecified atom stereocenters. The number of morpholine rings is 1. The molecular formula is C21H30N4O4. The molecule has 1 aromatic carbocycles. The minimum absolute atomic E-state index is 0.00131. The molecule has 3 fully saturated rings. The Balaban J connectivity index is 1.52. The summed E-state index contributed by atoms with van der Waals surface area (Å²) in [6, 6.07) is 7.50. The van der Waals surface area contributed by atoms with E-state index in [1.807, 2.05) is 41.8 Å². The van der Waals surface area contributed by atoms with E-state index in [0.717, 1.165) is 6.54 Å². The zero-order chi connectivity index (χ0) is 20.6. The van der Waals surface area contributed by atoms with Crippen molar-refractivity contribution < 1.29 is 19.1 Å². The predicted octanol–water partition coefficient (Wildman–Crippen LogP) is 1.02. The van der Waals surface area contributed by atoms with Crippen LogP contribution in [0, 0.1) is 0 Å². The lowest BCUT2D eigenvalue weighted by molar-refractivity contribution is -0.147. The first-order valence-electron chi connectivity index (χ1n) is 10.3. The summed E-state index contributed by atoms with van der Waals surface area (Å²) in [6.45, 7) is 8.57. The van der Waals surface area contributed by atoms with E-state index in [-0.39, 0.29) is 29.6 Å². The van der Waals surface area contributed by atoms with Crippen molar-refractivity contribution in [3.05, 3.63) is 29.8 Å². The van der Waals surface area contributed by atoms with Crippen LogP contribution in [0.5, 0.6) is 5.75 Å². The molecule has 0 bridgehead atoms. The van der Waals surface area contributed by atoms with Gasteiger partial charge in [-0.2, -0.15) is 0 Å². The molecule has 0 aromatic heterocycles. The van der Waals surface area contributed by atoms with Gasteiger partial charge in [-0.25, -0.2) is 4.79 Å².